The minimum absolute atomic E-state index is 0.125. The number of rotatable bonds is 4. The van der Waals surface area contributed by atoms with Crippen LogP contribution in [0.2, 0.25) is 0 Å². The standard InChI is InChI=1S/C22H23FN4O.CH4O3S/c1-15(17-9-10-18(19(23)13-17)16-7-3-2-4-8-16)20-14-21(28-26-20)25-22(24)27-11-5-6-12-27;1-5(2,3)4/h2-4,7-10,13-15H,5-6,11-12H2,1H3,(H2,24,25);1H3,(H,2,3,4). The number of hydrogen-bond donors (Lipinski definition) is 2. The highest BCUT2D eigenvalue weighted by atomic mass is 32.2. The molecule has 3 N–H and O–H groups in total. The molecule has 176 valence electrons. The fraction of sp³-hybridized carbons (Fsp3) is 0.304. The molecule has 33 heavy (non-hydrogen) atoms. The van der Waals surface area contributed by atoms with Crippen molar-refractivity contribution in [2.45, 2.75) is 25.7 Å². The van der Waals surface area contributed by atoms with Crippen molar-refractivity contribution >= 4 is 22.0 Å². The third kappa shape index (κ3) is 7.13. The largest absolute Gasteiger partial charge is 0.369 e. The van der Waals surface area contributed by atoms with Crippen LogP contribution in [0.1, 0.15) is 36.9 Å². The van der Waals surface area contributed by atoms with Crippen LogP contribution in [-0.2, 0) is 10.1 Å². The van der Waals surface area contributed by atoms with Crippen molar-refractivity contribution in [1.29, 1.82) is 0 Å². The van der Waals surface area contributed by atoms with E-state index in [0.29, 0.717) is 29.4 Å². The number of benzene rings is 2. The molecule has 1 aliphatic rings. The van der Waals surface area contributed by atoms with Crippen molar-refractivity contribution in [3.63, 3.8) is 0 Å². The number of hydrogen-bond acceptors (Lipinski definition) is 5. The van der Waals surface area contributed by atoms with Crippen molar-refractivity contribution in [3.8, 4) is 11.1 Å². The average molecular weight is 475 g/mol. The van der Waals surface area contributed by atoms with Crippen molar-refractivity contribution in [3.05, 3.63) is 71.7 Å². The van der Waals surface area contributed by atoms with Gasteiger partial charge in [0.05, 0.1) is 11.9 Å². The molecule has 0 amide bonds. The molecule has 1 unspecified atom stereocenters. The third-order valence-corrected chi connectivity index (χ3v) is 5.19. The van der Waals surface area contributed by atoms with Crippen LogP contribution < -0.4 is 5.73 Å². The van der Waals surface area contributed by atoms with E-state index in [1.807, 2.05) is 48.2 Å². The average Bonchev–Trinajstić information content (AvgIpc) is 3.45. The summed E-state index contributed by atoms with van der Waals surface area (Å²) >= 11 is 0. The molecule has 0 aliphatic carbocycles. The second-order valence-corrected chi connectivity index (χ2v) is 9.28. The van der Waals surface area contributed by atoms with Crippen molar-refractivity contribution < 1.29 is 21.9 Å². The first-order valence-corrected chi connectivity index (χ1v) is 12.3. The van der Waals surface area contributed by atoms with E-state index in [9.17, 15) is 12.8 Å². The Hall–Kier alpha value is -3.24. The van der Waals surface area contributed by atoms with E-state index in [4.69, 9.17) is 14.8 Å². The molecule has 1 atom stereocenters. The highest BCUT2D eigenvalue weighted by molar-refractivity contribution is 7.85. The Labute approximate surface area is 192 Å². The highest BCUT2D eigenvalue weighted by Crippen LogP contribution is 2.30. The molecule has 4 rings (SSSR count). The van der Waals surface area contributed by atoms with Gasteiger partial charge in [-0.1, -0.05) is 54.5 Å². The second-order valence-electron chi connectivity index (χ2n) is 7.81. The summed E-state index contributed by atoms with van der Waals surface area (Å²) in [6, 6.07) is 16.6. The van der Waals surface area contributed by atoms with Crippen LogP contribution >= 0.6 is 0 Å². The number of likely N-dealkylation sites (tertiary alicyclic amines) is 1. The Morgan fingerprint density at radius 3 is 2.42 bits per heavy atom. The topological polar surface area (TPSA) is 122 Å². The summed E-state index contributed by atoms with van der Waals surface area (Å²) in [5, 5.41) is 4.10. The number of aromatic nitrogens is 1. The molecular weight excluding hydrogens is 447 g/mol. The Balaban J connectivity index is 0.000000555. The van der Waals surface area contributed by atoms with Gasteiger partial charge in [-0.25, -0.2) is 4.39 Å². The van der Waals surface area contributed by atoms with Gasteiger partial charge in [0.15, 0.2) is 5.96 Å². The summed E-state index contributed by atoms with van der Waals surface area (Å²) in [4.78, 5) is 6.36. The van der Waals surface area contributed by atoms with Crippen molar-refractivity contribution in [2.75, 3.05) is 19.3 Å². The molecule has 1 saturated heterocycles. The van der Waals surface area contributed by atoms with Crippen LogP contribution in [0, 0.1) is 5.82 Å². The summed E-state index contributed by atoms with van der Waals surface area (Å²) in [7, 11) is -3.67. The van der Waals surface area contributed by atoms with E-state index in [2.05, 4.69) is 10.1 Å². The zero-order valence-corrected chi connectivity index (χ0v) is 19.3. The summed E-state index contributed by atoms with van der Waals surface area (Å²) in [5.74, 6) is 0.439. The minimum atomic E-state index is -3.67. The quantitative estimate of drug-likeness (QED) is 0.330. The first-order valence-electron chi connectivity index (χ1n) is 10.4. The molecule has 8 nitrogen and oxygen atoms in total. The van der Waals surface area contributed by atoms with Gasteiger partial charge in [0.25, 0.3) is 16.0 Å². The van der Waals surface area contributed by atoms with Gasteiger partial charge in [0.2, 0.25) is 0 Å². The van der Waals surface area contributed by atoms with Gasteiger partial charge < -0.3 is 15.2 Å². The lowest BCUT2D eigenvalue weighted by molar-refractivity contribution is 0.417. The smallest absolute Gasteiger partial charge is 0.261 e. The predicted octanol–water partition coefficient (Wildman–Crippen LogP) is 4.18. The van der Waals surface area contributed by atoms with E-state index in [1.165, 1.54) is 0 Å². The maximum absolute atomic E-state index is 14.7. The highest BCUT2D eigenvalue weighted by Gasteiger charge is 2.18. The van der Waals surface area contributed by atoms with Gasteiger partial charge in [-0.05, 0) is 30.0 Å². The second kappa shape index (κ2) is 10.6. The Kier molecular flexibility index (Phi) is 7.83. The zero-order chi connectivity index (χ0) is 24.0. The van der Waals surface area contributed by atoms with Crippen LogP contribution in [0.25, 0.3) is 11.1 Å². The van der Waals surface area contributed by atoms with Crippen molar-refractivity contribution in [2.24, 2.45) is 10.7 Å². The van der Waals surface area contributed by atoms with Gasteiger partial charge in [-0.3, -0.25) is 4.55 Å². The van der Waals surface area contributed by atoms with Crippen LogP contribution in [-0.4, -0.2) is 48.3 Å². The number of aliphatic imine (C=N–C) groups is 1. The molecule has 1 aromatic heterocycles. The molecule has 0 spiro atoms. The van der Waals surface area contributed by atoms with Gasteiger partial charge in [-0.2, -0.15) is 13.4 Å². The van der Waals surface area contributed by atoms with E-state index in [0.717, 1.165) is 37.1 Å². The number of nitrogens with two attached hydrogens (primary N) is 1. The molecule has 2 aromatic carbocycles. The predicted molar refractivity (Wildman–Crippen MR) is 125 cm³/mol. The lowest BCUT2D eigenvalue weighted by Crippen LogP contribution is -2.34. The van der Waals surface area contributed by atoms with Crippen LogP contribution in [0.15, 0.2) is 64.1 Å². The SMILES string of the molecule is CC(c1ccc(-c2ccccc2)c(F)c1)c1cc(/N=C(/N)N2CCCC2)on1.CS(=O)(=O)O. The van der Waals surface area contributed by atoms with Gasteiger partial charge in [0, 0.05) is 30.6 Å². The summed E-state index contributed by atoms with van der Waals surface area (Å²) < 4.78 is 45.9. The summed E-state index contributed by atoms with van der Waals surface area (Å²) in [5.41, 5.74) is 9.00. The Morgan fingerprint density at radius 2 is 1.82 bits per heavy atom. The fourth-order valence-electron chi connectivity index (χ4n) is 3.49. The van der Waals surface area contributed by atoms with E-state index in [1.54, 1.807) is 18.2 Å². The summed E-state index contributed by atoms with van der Waals surface area (Å²) in [6.45, 7) is 3.80. The van der Waals surface area contributed by atoms with Crippen LogP contribution in [0.4, 0.5) is 10.3 Å². The van der Waals surface area contributed by atoms with E-state index < -0.39 is 10.1 Å². The minimum Gasteiger partial charge on any atom is -0.369 e. The maximum atomic E-state index is 14.7. The van der Waals surface area contributed by atoms with Crippen LogP contribution in [0.3, 0.4) is 0 Å². The lowest BCUT2D eigenvalue weighted by Gasteiger charge is -2.14. The van der Waals surface area contributed by atoms with Crippen LogP contribution in [0.5, 0.6) is 0 Å². The molecule has 0 saturated carbocycles. The van der Waals surface area contributed by atoms with E-state index in [-0.39, 0.29) is 11.7 Å². The molecule has 10 heteroatoms. The van der Waals surface area contributed by atoms with E-state index >= 15 is 0 Å². The number of guanidine groups is 1. The molecule has 3 aromatic rings. The third-order valence-electron chi connectivity index (χ3n) is 5.19. The maximum Gasteiger partial charge on any atom is 0.261 e. The van der Waals surface area contributed by atoms with Gasteiger partial charge in [-0.15, -0.1) is 0 Å². The normalized spacial score (nSPS) is 15.2. The Morgan fingerprint density at radius 1 is 1.18 bits per heavy atom. The summed E-state index contributed by atoms with van der Waals surface area (Å²) in [6.07, 6.45) is 2.96. The molecule has 0 radical (unpaired) electrons. The number of nitrogens with zero attached hydrogens (tertiary/aromatic N) is 3. The molecular formula is C23H27FN4O4S. The first-order chi connectivity index (χ1) is 15.6. The number of halogens is 1. The van der Waals surface area contributed by atoms with Crippen molar-refractivity contribution in [1.82, 2.24) is 10.1 Å². The van der Waals surface area contributed by atoms with Gasteiger partial charge in [0.1, 0.15) is 5.82 Å². The van der Waals surface area contributed by atoms with Gasteiger partial charge >= 0.3 is 0 Å². The lowest BCUT2D eigenvalue weighted by atomic mass is 9.95. The Bertz CT molecular complexity index is 1200. The molecule has 1 aliphatic heterocycles. The fourth-order valence-corrected chi connectivity index (χ4v) is 3.49. The monoisotopic (exact) mass is 474 g/mol. The molecule has 1 fully saturated rings. The first kappa shape index (κ1) is 24.4. The zero-order valence-electron chi connectivity index (χ0n) is 18.5. The molecule has 0 bridgehead atoms. The molecule has 2 heterocycles.